The first-order valence-corrected chi connectivity index (χ1v) is 13.8. The van der Waals surface area contributed by atoms with E-state index in [0.29, 0.717) is 24.4 Å². The number of anilines is 1. The van der Waals surface area contributed by atoms with Gasteiger partial charge in [-0.25, -0.2) is 4.98 Å². The summed E-state index contributed by atoms with van der Waals surface area (Å²) in [4.78, 5) is 33.4. The summed E-state index contributed by atoms with van der Waals surface area (Å²) in [6.45, 7) is 4.16. The minimum atomic E-state index is -0.710. The number of ether oxygens (including phenoxy) is 1. The van der Waals surface area contributed by atoms with Gasteiger partial charge in [0.2, 0.25) is 11.8 Å². The van der Waals surface area contributed by atoms with Gasteiger partial charge in [-0.2, -0.15) is 0 Å². The van der Waals surface area contributed by atoms with E-state index in [9.17, 15) is 19.8 Å². The second-order valence-electron chi connectivity index (χ2n) is 11.1. The van der Waals surface area contributed by atoms with E-state index in [1.807, 2.05) is 31.2 Å². The number of carbonyl (C=O) groups excluding carboxylic acids is 2. The summed E-state index contributed by atoms with van der Waals surface area (Å²) >= 11 is 1.41. The molecule has 2 amide bonds. The predicted molar refractivity (Wildman–Crippen MR) is 147 cm³/mol. The number of thiazole rings is 1. The van der Waals surface area contributed by atoms with Gasteiger partial charge < -0.3 is 25.2 Å². The number of nitrogens with zero attached hydrogens (tertiary/aromatic N) is 2. The number of terminal acetylenes is 1. The standard InChI is InChI=1S/C29H37N3O5S/c1-6-13-32(4)25(36)15-20-26-21(16-22-28(20,2)12-11-23(34)29(22,3)17-33)38-27(31-26)30-24(35)14-18-7-9-19(37-5)10-8-18/h1,7-10,20,22-23,33-34H,11-17H2,2-5H3,(H,30,31,35). The number of aromatic nitrogens is 1. The molecular weight excluding hydrogens is 502 g/mol. The zero-order valence-electron chi connectivity index (χ0n) is 22.5. The SMILES string of the molecule is C#CCN(C)C(=O)CC1c2nc(NC(=O)Cc3ccc(OC)cc3)sc2CC2C(C)(CO)C(O)CCC12C. The number of aliphatic hydroxyl groups is 2. The first-order valence-electron chi connectivity index (χ1n) is 12.9. The molecule has 2 aliphatic rings. The Morgan fingerprint density at radius 3 is 2.66 bits per heavy atom. The van der Waals surface area contributed by atoms with Crippen molar-refractivity contribution in [2.45, 2.75) is 58.0 Å². The predicted octanol–water partition coefficient (Wildman–Crippen LogP) is 3.23. The lowest BCUT2D eigenvalue weighted by molar-refractivity contribution is -0.146. The van der Waals surface area contributed by atoms with Crippen molar-refractivity contribution in [3.05, 3.63) is 40.4 Å². The highest BCUT2D eigenvalue weighted by molar-refractivity contribution is 7.15. The molecule has 9 heteroatoms. The molecule has 2 aliphatic carbocycles. The van der Waals surface area contributed by atoms with Crippen molar-refractivity contribution in [3.63, 3.8) is 0 Å². The van der Waals surface area contributed by atoms with E-state index in [1.54, 1.807) is 19.1 Å². The van der Waals surface area contributed by atoms with Crippen molar-refractivity contribution in [2.75, 3.05) is 32.6 Å². The molecule has 1 aromatic heterocycles. The molecule has 8 nitrogen and oxygen atoms in total. The van der Waals surface area contributed by atoms with E-state index < -0.39 is 11.5 Å². The Morgan fingerprint density at radius 2 is 2.03 bits per heavy atom. The van der Waals surface area contributed by atoms with Crippen LogP contribution in [0.2, 0.25) is 0 Å². The minimum absolute atomic E-state index is 0.0599. The Balaban J connectivity index is 1.64. The highest BCUT2D eigenvalue weighted by atomic mass is 32.1. The van der Waals surface area contributed by atoms with Gasteiger partial charge in [0.05, 0.1) is 38.5 Å². The van der Waals surface area contributed by atoms with Crippen LogP contribution in [0.5, 0.6) is 5.75 Å². The third-order valence-corrected chi connectivity index (χ3v) is 9.81. The van der Waals surface area contributed by atoms with Crippen LogP contribution < -0.4 is 10.1 Å². The van der Waals surface area contributed by atoms with Crippen LogP contribution in [0.1, 0.15) is 55.2 Å². The van der Waals surface area contributed by atoms with Gasteiger partial charge in [-0.3, -0.25) is 9.59 Å². The van der Waals surface area contributed by atoms with Crippen molar-refractivity contribution >= 4 is 28.3 Å². The summed E-state index contributed by atoms with van der Waals surface area (Å²) in [5.41, 5.74) is 0.608. The largest absolute Gasteiger partial charge is 0.497 e. The monoisotopic (exact) mass is 539 g/mol. The van der Waals surface area contributed by atoms with E-state index in [1.165, 1.54) is 11.3 Å². The zero-order valence-corrected chi connectivity index (χ0v) is 23.3. The van der Waals surface area contributed by atoms with Crippen molar-refractivity contribution < 1.29 is 24.5 Å². The van der Waals surface area contributed by atoms with Gasteiger partial charge in [0.1, 0.15) is 5.75 Å². The van der Waals surface area contributed by atoms with Crippen molar-refractivity contribution in [1.29, 1.82) is 0 Å². The van der Waals surface area contributed by atoms with Gasteiger partial charge in [-0.05, 0) is 48.3 Å². The summed E-state index contributed by atoms with van der Waals surface area (Å²) in [5, 5.41) is 24.8. The number of carbonyl (C=O) groups is 2. The van der Waals surface area contributed by atoms with Crippen LogP contribution >= 0.6 is 11.3 Å². The van der Waals surface area contributed by atoms with E-state index in [2.05, 4.69) is 18.2 Å². The number of aliphatic hydroxyl groups excluding tert-OH is 2. The molecule has 4 rings (SSSR count). The molecule has 0 spiro atoms. The molecule has 38 heavy (non-hydrogen) atoms. The normalized spacial score (nSPS) is 28.0. The fourth-order valence-corrected chi connectivity index (χ4v) is 7.43. The van der Waals surface area contributed by atoms with Crippen LogP contribution in [0.4, 0.5) is 5.13 Å². The Hall–Kier alpha value is -2.93. The summed E-state index contributed by atoms with van der Waals surface area (Å²) < 4.78 is 5.18. The van der Waals surface area contributed by atoms with Gasteiger partial charge in [-0.15, -0.1) is 17.8 Å². The molecule has 0 aliphatic heterocycles. The molecule has 0 radical (unpaired) electrons. The molecule has 1 aromatic carbocycles. The average molecular weight is 540 g/mol. The second-order valence-corrected chi connectivity index (χ2v) is 12.2. The third-order valence-electron chi connectivity index (χ3n) is 8.80. The molecule has 5 atom stereocenters. The first kappa shape index (κ1) is 28.1. The lowest BCUT2D eigenvalue weighted by Gasteiger charge is -2.58. The lowest BCUT2D eigenvalue weighted by atomic mass is 9.47. The second kappa shape index (κ2) is 11.0. The molecule has 1 saturated carbocycles. The van der Waals surface area contributed by atoms with Crippen LogP contribution in [0.3, 0.4) is 0 Å². The fourth-order valence-electron chi connectivity index (χ4n) is 6.35. The molecular formula is C29H37N3O5S. The Labute approximate surface area is 228 Å². The number of nitrogens with one attached hydrogen (secondary N) is 1. The van der Waals surface area contributed by atoms with Gasteiger partial charge in [0, 0.05) is 29.7 Å². The van der Waals surface area contributed by atoms with Gasteiger partial charge in [0.15, 0.2) is 5.13 Å². The fraction of sp³-hybridized carbons (Fsp3) is 0.552. The van der Waals surface area contributed by atoms with Gasteiger partial charge in [-0.1, -0.05) is 31.9 Å². The highest BCUT2D eigenvalue weighted by Gasteiger charge is 2.59. The Morgan fingerprint density at radius 1 is 1.32 bits per heavy atom. The van der Waals surface area contributed by atoms with Crippen LogP contribution in [0.15, 0.2) is 24.3 Å². The average Bonchev–Trinajstić information content (AvgIpc) is 3.29. The maximum Gasteiger partial charge on any atom is 0.230 e. The van der Waals surface area contributed by atoms with E-state index in [0.717, 1.165) is 21.9 Å². The molecule has 1 heterocycles. The van der Waals surface area contributed by atoms with Crippen molar-refractivity contribution in [1.82, 2.24) is 9.88 Å². The quantitative estimate of drug-likeness (QED) is 0.444. The van der Waals surface area contributed by atoms with Crippen LogP contribution in [-0.2, 0) is 22.4 Å². The molecule has 0 saturated heterocycles. The Kier molecular flexibility index (Phi) is 8.17. The summed E-state index contributed by atoms with van der Waals surface area (Å²) in [6.07, 6.45) is 7.10. The Bertz CT molecular complexity index is 1220. The first-order chi connectivity index (χ1) is 18.0. The third kappa shape index (κ3) is 5.18. The number of methoxy groups -OCH3 is 1. The van der Waals surface area contributed by atoms with E-state index >= 15 is 0 Å². The summed E-state index contributed by atoms with van der Waals surface area (Å²) in [6, 6.07) is 7.34. The molecule has 204 valence electrons. The minimum Gasteiger partial charge on any atom is -0.497 e. The number of hydrogen-bond acceptors (Lipinski definition) is 7. The number of benzene rings is 1. The van der Waals surface area contributed by atoms with Crippen LogP contribution in [-0.4, -0.2) is 65.3 Å². The molecule has 2 aromatic rings. The molecule has 5 unspecified atom stereocenters. The number of amides is 2. The summed E-state index contributed by atoms with van der Waals surface area (Å²) in [5.74, 6) is 2.71. The number of hydrogen-bond donors (Lipinski definition) is 3. The van der Waals surface area contributed by atoms with E-state index in [4.69, 9.17) is 16.1 Å². The number of fused-ring (bicyclic) bond motifs is 2. The van der Waals surface area contributed by atoms with E-state index in [-0.39, 0.29) is 55.1 Å². The van der Waals surface area contributed by atoms with Crippen LogP contribution in [0, 0.1) is 29.1 Å². The molecule has 1 fully saturated rings. The zero-order chi connectivity index (χ0) is 27.7. The van der Waals surface area contributed by atoms with Crippen molar-refractivity contribution in [3.8, 4) is 18.1 Å². The molecule has 3 N–H and O–H groups in total. The lowest BCUT2D eigenvalue weighted by Crippen LogP contribution is -2.57. The summed E-state index contributed by atoms with van der Waals surface area (Å²) in [7, 11) is 3.29. The maximum absolute atomic E-state index is 13.2. The molecule has 0 bridgehead atoms. The highest BCUT2D eigenvalue weighted by Crippen LogP contribution is 2.62. The van der Waals surface area contributed by atoms with Crippen molar-refractivity contribution in [2.24, 2.45) is 16.7 Å². The van der Waals surface area contributed by atoms with Crippen LogP contribution in [0.25, 0.3) is 0 Å². The smallest absolute Gasteiger partial charge is 0.230 e. The maximum atomic E-state index is 13.2. The number of rotatable bonds is 8. The van der Waals surface area contributed by atoms with Gasteiger partial charge in [0.25, 0.3) is 0 Å². The topological polar surface area (TPSA) is 112 Å². The van der Waals surface area contributed by atoms with Gasteiger partial charge >= 0.3 is 0 Å².